The number of aromatic nitrogens is 2. The van der Waals surface area contributed by atoms with Crippen molar-refractivity contribution in [3.8, 4) is 0 Å². The van der Waals surface area contributed by atoms with Gasteiger partial charge in [-0.2, -0.15) is 0 Å². The van der Waals surface area contributed by atoms with Gasteiger partial charge in [-0.3, -0.25) is 9.59 Å². The van der Waals surface area contributed by atoms with Crippen LogP contribution in [0.5, 0.6) is 0 Å². The third-order valence-electron chi connectivity index (χ3n) is 3.57. The molecule has 0 saturated heterocycles. The van der Waals surface area contributed by atoms with E-state index in [-0.39, 0.29) is 17.6 Å². The van der Waals surface area contributed by atoms with Crippen molar-refractivity contribution >= 4 is 45.7 Å². The normalized spacial score (nSPS) is 10.3. The van der Waals surface area contributed by atoms with Crippen LogP contribution in [-0.2, 0) is 4.79 Å². The molecule has 0 radical (unpaired) electrons. The van der Waals surface area contributed by atoms with Crippen LogP contribution in [0.25, 0.3) is 0 Å². The molecule has 0 aliphatic carbocycles. The summed E-state index contributed by atoms with van der Waals surface area (Å²) < 4.78 is 0.710. The number of hydrogen-bond acceptors (Lipinski definition) is 7. The lowest BCUT2D eigenvalue weighted by Crippen LogP contribution is -2.30. The zero-order valence-corrected chi connectivity index (χ0v) is 17.0. The zero-order chi connectivity index (χ0) is 19.6. The highest BCUT2D eigenvalue weighted by molar-refractivity contribution is 8.01. The summed E-state index contributed by atoms with van der Waals surface area (Å²) in [6.45, 7) is 9.42. The number of thioether (sulfide) groups is 1. The summed E-state index contributed by atoms with van der Waals surface area (Å²) in [5.41, 5.74) is 1.16. The third kappa shape index (κ3) is 6.37. The number of carbonyl (C=O) groups is 2. The molecule has 0 fully saturated rings. The van der Waals surface area contributed by atoms with E-state index in [1.165, 1.54) is 23.1 Å². The van der Waals surface area contributed by atoms with Gasteiger partial charge in [0.25, 0.3) is 5.91 Å². The van der Waals surface area contributed by atoms with Crippen molar-refractivity contribution in [2.24, 2.45) is 0 Å². The zero-order valence-electron chi connectivity index (χ0n) is 15.4. The Morgan fingerprint density at radius 1 is 1.30 bits per heavy atom. The minimum Gasteiger partial charge on any atom is -0.357 e. The summed E-state index contributed by atoms with van der Waals surface area (Å²) in [7, 11) is 0. The lowest BCUT2D eigenvalue weighted by molar-refractivity contribution is -0.113. The highest BCUT2D eigenvalue weighted by atomic mass is 32.2. The van der Waals surface area contributed by atoms with Crippen molar-refractivity contribution in [1.82, 2.24) is 15.1 Å². The fourth-order valence-corrected chi connectivity index (χ4v) is 3.81. The number of nitrogens with one attached hydrogen (secondary N) is 2. The van der Waals surface area contributed by atoms with Crippen LogP contribution in [0, 0.1) is 0 Å². The second kappa shape index (κ2) is 10.7. The van der Waals surface area contributed by atoms with Gasteiger partial charge >= 0.3 is 0 Å². The maximum Gasteiger partial charge on any atom is 0.253 e. The fraction of sp³-hybridized carbons (Fsp3) is 0.333. The summed E-state index contributed by atoms with van der Waals surface area (Å²) >= 11 is 2.70. The van der Waals surface area contributed by atoms with Crippen LogP contribution < -0.4 is 10.6 Å². The molecular formula is C18H23N5O2S2. The van der Waals surface area contributed by atoms with Gasteiger partial charge < -0.3 is 15.5 Å². The maximum absolute atomic E-state index is 12.4. The summed E-state index contributed by atoms with van der Waals surface area (Å²) in [5.74, 6) is 0.00625. The molecule has 0 spiro atoms. The van der Waals surface area contributed by atoms with E-state index in [0.29, 0.717) is 40.4 Å². The monoisotopic (exact) mass is 405 g/mol. The maximum atomic E-state index is 12.4. The smallest absolute Gasteiger partial charge is 0.253 e. The number of amides is 2. The molecule has 0 unspecified atom stereocenters. The topological polar surface area (TPSA) is 87.2 Å². The number of carbonyl (C=O) groups excluding carboxylic acids is 2. The Hall–Kier alpha value is -2.39. The number of hydrogen-bond donors (Lipinski definition) is 2. The molecule has 2 aromatic rings. The van der Waals surface area contributed by atoms with Gasteiger partial charge in [0.15, 0.2) is 4.34 Å². The molecule has 0 saturated carbocycles. The molecule has 1 aromatic carbocycles. The predicted octanol–water partition coefficient (Wildman–Crippen LogP) is 3.35. The van der Waals surface area contributed by atoms with Crippen molar-refractivity contribution in [1.29, 1.82) is 0 Å². The van der Waals surface area contributed by atoms with Gasteiger partial charge in [0.05, 0.1) is 5.75 Å². The first-order valence-electron chi connectivity index (χ1n) is 8.57. The van der Waals surface area contributed by atoms with Crippen molar-refractivity contribution < 1.29 is 9.59 Å². The first-order valence-corrected chi connectivity index (χ1v) is 10.4. The van der Waals surface area contributed by atoms with E-state index >= 15 is 0 Å². The standard InChI is InChI=1S/C18H23N5O2S2/c1-4-10-19-17-21-22-18(27-17)26-12-15(24)20-14-9-7-8-13(11-14)16(25)23(5-2)6-3/h4,7-9,11H,1,5-6,10,12H2,2-3H3,(H,19,21)(H,20,24). The van der Waals surface area contributed by atoms with E-state index in [9.17, 15) is 9.59 Å². The van der Waals surface area contributed by atoms with Crippen LogP contribution in [0.15, 0.2) is 41.3 Å². The largest absolute Gasteiger partial charge is 0.357 e. The average molecular weight is 406 g/mol. The molecule has 1 heterocycles. The highest BCUT2D eigenvalue weighted by Gasteiger charge is 2.13. The Morgan fingerprint density at radius 2 is 2.07 bits per heavy atom. The first kappa shape index (κ1) is 20.9. The predicted molar refractivity (Wildman–Crippen MR) is 112 cm³/mol. The second-order valence-electron chi connectivity index (χ2n) is 5.44. The van der Waals surface area contributed by atoms with Gasteiger partial charge in [0.1, 0.15) is 0 Å². The third-order valence-corrected chi connectivity index (χ3v) is 5.59. The minimum absolute atomic E-state index is 0.0427. The van der Waals surface area contributed by atoms with Crippen LogP contribution >= 0.6 is 23.1 Å². The van der Waals surface area contributed by atoms with E-state index in [1.54, 1.807) is 35.2 Å². The van der Waals surface area contributed by atoms with E-state index in [1.807, 2.05) is 13.8 Å². The molecule has 1 aromatic heterocycles. The van der Waals surface area contributed by atoms with Crippen LogP contribution in [0.1, 0.15) is 24.2 Å². The molecule has 2 N–H and O–H groups in total. The van der Waals surface area contributed by atoms with Crippen LogP contribution in [0.4, 0.5) is 10.8 Å². The Kier molecular flexibility index (Phi) is 8.28. The van der Waals surface area contributed by atoms with Gasteiger partial charge in [-0.15, -0.1) is 16.8 Å². The quantitative estimate of drug-likeness (QED) is 0.466. The lowest BCUT2D eigenvalue weighted by atomic mass is 10.1. The molecule has 0 aliphatic rings. The van der Waals surface area contributed by atoms with Gasteiger partial charge in [-0.25, -0.2) is 0 Å². The summed E-state index contributed by atoms with van der Waals surface area (Å²) in [4.78, 5) is 26.3. The van der Waals surface area contributed by atoms with Gasteiger partial charge in [-0.05, 0) is 32.0 Å². The van der Waals surface area contributed by atoms with E-state index in [0.717, 1.165) is 0 Å². The molecule has 27 heavy (non-hydrogen) atoms. The number of rotatable bonds is 10. The molecule has 0 bridgehead atoms. The second-order valence-corrected chi connectivity index (χ2v) is 7.64. The van der Waals surface area contributed by atoms with E-state index < -0.39 is 0 Å². The molecule has 7 nitrogen and oxygen atoms in total. The van der Waals surface area contributed by atoms with Gasteiger partial charge in [0, 0.05) is 30.9 Å². The summed E-state index contributed by atoms with van der Waals surface area (Å²) in [6, 6.07) is 6.99. The Bertz CT molecular complexity index is 790. The highest BCUT2D eigenvalue weighted by Crippen LogP contribution is 2.25. The molecule has 144 valence electrons. The first-order chi connectivity index (χ1) is 13.1. The molecule has 0 atom stereocenters. The lowest BCUT2D eigenvalue weighted by Gasteiger charge is -2.19. The summed E-state index contributed by atoms with van der Waals surface area (Å²) in [5, 5.41) is 14.6. The van der Waals surface area contributed by atoms with Crippen LogP contribution in [-0.4, -0.2) is 52.3 Å². The molecular weight excluding hydrogens is 382 g/mol. The number of nitrogens with zero attached hydrogens (tertiary/aromatic N) is 3. The molecule has 2 amide bonds. The molecule has 0 aliphatic heterocycles. The fourth-order valence-electron chi connectivity index (χ4n) is 2.25. The van der Waals surface area contributed by atoms with E-state index in [2.05, 4.69) is 27.4 Å². The SMILES string of the molecule is C=CCNc1nnc(SCC(=O)Nc2cccc(C(=O)N(CC)CC)c2)s1. The molecule has 9 heteroatoms. The van der Waals surface area contributed by atoms with Crippen molar-refractivity contribution in [2.75, 3.05) is 36.0 Å². The van der Waals surface area contributed by atoms with Crippen LogP contribution in [0.2, 0.25) is 0 Å². The Morgan fingerprint density at radius 3 is 2.78 bits per heavy atom. The van der Waals surface area contributed by atoms with Gasteiger partial charge in [-0.1, -0.05) is 35.2 Å². The summed E-state index contributed by atoms with van der Waals surface area (Å²) in [6.07, 6.45) is 1.74. The van der Waals surface area contributed by atoms with E-state index in [4.69, 9.17) is 0 Å². The Labute approximate surface area is 167 Å². The number of anilines is 2. The Balaban J connectivity index is 1.90. The molecule has 2 rings (SSSR count). The van der Waals surface area contributed by atoms with Crippen molar-refractivity contribution in [2.45, 2.75) is 18.2 Å². The van der Waals surface area contributed by atoms with Crippen molar-refractivity contribution in [3.05, 3.63) is 42.5 Å². The van der Waals surface area contributed by atoms with Crippen molar-refractivity contribution in [3.63, 3.8) is 0 Å². The minimum atomic E-state index is -0.164. The van der Waals surface area contributed by atoms with Gasteiger partial charge in [0.2, 0.25) is 11.0 Å². The van der Waals surface area contributed by atoms with Crippen LogP contribution in [0.3, 0.4) is 0 Å². The number of benzene rings is 1. The average Bonchev–Trinajstić information content (AvgIpc) is 3.13.